The van der Waals surface area contributed by atoms with Gasteiger partial charge in [-0.3, -0.25) is 0 Å². The van der Waals surface area contributed by atoms with Crippen LogP contribution < -0.4 is 5.73 Å². The topological polar surface area (TPSA) is 29.3 Å². The molecule has 0 aromatic heterocycles. The van der Waals surface area contributed by atoms with Gasteiger partial charge >= 0.3 is 0 Å². The van der Waals surface area contributed by atoms with Crippen LogP contribution in [0.5, 0.6) is 0 Å². The van der Waals surface area contributed by atoms with E-state index in [-0.39, 0.29) is 0 Å². The zero-order chi connectivity index (χ0) is 12.1. The number of benzene rings is 1. The standard InChI is InChI=1S/C14H18N2S/c15-14(17)16-11-5-4-8-13(16)10-9-12-6-2-1-3-7-12/h1-3,5-7,11,13H,4,8-10H2,(H2,15,17). The molecule has 0 aliphatic carbocycles. The van der Waals surface area contributed by atoms with E-state index < -0.39 is 0 Å². The van der Waals surface area contributed by atoms with Gasteiger partial charge in [0.2, 0.25) is 0 Å². The van der Waals surface area contributed by atoms with Crippen LogP contribution in [-0.4, -0.2) is 16.1 Å². The smallest absolute Gasteiger partial charge is 0.170 e. The van der Waals surface area contributed by atoms with E-state index in [1.165, 1.54) is 5.56 Å². The summed E-state index contributed by atoms with van der Waals surface area (Å²) in [6.45, 7) is 0. The third-order valence-electron chi connectivity index (χ3n) is 3.19. The van der Waals surface area contributed by atoms with Crippen LogP contribution in [-0.2, 0) is 6.42 Å². The fraction of sp³-hybridized carbons (Fsp3) is 0.357. The second kappa shape index (κ2) is 5.82. The molecule has 90 valence electrons. The highest BCUT2D eigenvalue weighted by Gasteiger charge is 2.19. The van der Waals surface area contributed by atoms with Crippen LogP contribution in [0.4, 0.5) is 0 Å². The highest BCUT2D eigenvalue weighted by Crippen LogP contribution is 2.19. The molecule has 0 radical (unpaired) electrons. The average Bonchev–Trinajstić information content (AvgIpc) is 2.38. The first-order valence-corrected chi connectivity index (χ1v) is 6.46. The Hall–Kier alpha value is -1.35. The summed E-state index contributed by atoms with van der Waals surface area (Å²) in [6, 6.07) is 11.0. The van der Waals surface area contributed by atoms with Crippen LogP contribution in [0, 0.1) is 0 Å². The molecule has 1 atom stereocenters. The first kappa shape index (κ1) is 12.1. The van der Waals surface area contributed by atoms with E-state index in [1.807, 2.05) is 17.2 Å². The molecule has 0 fully saturated rings. The molecular weight excluding hydrogens is 228 g/mol. The number of nitrogens with two attached hydrogens (primary N) is 1. The van der Waals surface area contributed by atoms with E-state index in [0.717, 1.165) is 25.7 Å². The predicted molar refractivity (Wildman–Crippen MR) is 75.5 cm³/mol. The summed E-state index contributed by atoms with van der Waals surface area (Å²) in [7, 11) is 0. The maximum Gasteiger partial charge on any atom is 0.170 e. The Morgan fingerprint density at radius 1 is 1.35 bits per heavy atom. The number of hydrogen-bond acceptors (Lipinski definition) is 1. The number of allylic oxidation sites excluding steroid dienone is 1. The first-order valence-electron chi connectivity index (χ1n) is 6.06. The van der Waals surface area contributed by atoms with Crippen molar-refractivity contribution in [3.63, 3.8) is 0 Å². The molecular formula is C14H18N2S. The van der Waals surface area contributed by atoms with E-state index in [2.05, 4.69) is 30.3 Å². The predicted octanol–water partition coefficient (Wildman–Crippen LogP) is 2.84. The molecule has 2 rings (SSSR count). The van der Waals surface area contributed by atoms with Crippen LogP contribution in [0.1, 0.15) is 24.8 Å². The summed E-state index contributed by atoms with van der Waals surface area (Å²) < 4.78 is 0. The van der Waals surface area contributed by atoms with E-state index in [4.69, 9.17) is 18.0 Å². The summed E-state index contributed by atoms with van der Waals surface area (Å²) in [4.78, 5) is 2.03. The van der Waals surface area contributed by atoms with Gasteiger partial charge in [-0.1, -0.05) is 36.4 Å². The maximum atomic E-state index is 5.73. The average molecular weight is 246 g/mol. The molecule has 0 saturated carbocycles. The van der Waals surface area contributed by atoms with Gasteiger partial charge in [0.25, 0.3) is 0 Å². The second-order valence-electron chi connectivity index (χ2n) is 4.39. The minimum Gasteiger partial charge on any atom is -0.376 e. The van der Waals surface area contributed by atoms with E-state index in [9.17, 15) is 0 Å². The van der Waals surface area contributed by atoms with Crippen LogP contribution >= 0.6 is 12.2 Å². The number of rotatable bonds is 3. The van der Waals surface area contributed by atoms with Gasteiger partial charge < -0.3 is 10.6 Å². The molecule has 1 unspecified atom stereocenters. The second-order valence-corrected chi connectivity index (χ2v) is 4.80. The summed E-state index contributed by atoms with van der Waals surface area (Å²) in [6.07, 6.45) is 8.61. The fourth-order valence-corrected chi connectivity index (χ4v) is 2.46. The molecule has 0 spiro atoms. The van der Waals surface area contributed by atoms with Crippen LogP contribution in [0.3, 0.4) is 0 Å². The van der Waals surface area contributed by atoms with Gasteiger partial charge in [0.05, 0.1) is 0 Å². The minimum absolute atomic E-state index is 0.456. The largest absolute Gasteiger partial charge is 0.376 e. The molecule has 1 heterocycles. The van der Waals surface area contributed by atoms with Crippen molar-refractivity contribution < 1.29 is 0 Å². The van der Waals surface area contributed by atoms with Gasteiger partial charge in [0.15, 0.2) is 5.11 Å². The van der Waals surface area contributed by atoms with Crippen molar-refractivity contribution in [3.8, 4) is 0 Å². The number of aryl methyl sites for hydroxylation is 1. The number of nitrogens with zero attached hydrogens (tertiary/aromatic N) is 1. The monoisotopic (exact) mass is 246 g/mol. The third-order valence-corrected chi connectivity index (χ3v) is 3.40. The van der Waals surface area contributed by atoms with Crippen molar-refractivity contribution >= 4 is 17.3 Å². The lowest BCUT2D eigenvalue weighted by molar-refractivity contribution is 0.342. The van der Waals surface area contributed by atoms with Crippen molar-refractivity contribution in [1.82, 2.24) is 4.90 Å². The highest BCUT2D eigenvalue weighted by atomic mass is 32.1. The van der Waals surface area contributed by atoms with Gasteiger partial charge in [0.1, 0.15) is 0 Å². The van der Waals surface area contributed by atoms with Crippen molar-refractivity contribution in [3.05, 3.63) is 48.2 Å². The number of hydrogen-bond donors (Lipinski definition) is 1. The molecule has 1 aliphatic rings. The molecule has 0 amide bonds. The molecule has 1 aliphatic heterocycles. The van der Waals surface area contributed by atoms with Crippen LogP contribution in [0.2, 0.25) is 0 Å². The van der Waals surface area contributed by atoms with Crippen LogP contribution in [0.25, 0.3) is 0 Å². The zero-order valence-corrected chi connectivity index (χ0v) is 10.7. The van der Waals surface area contributed by atoms with Crippen molar-refractivity contribution in [2.45, 2.75) is 31.7 Å². The summed E-state index contributed by atoms with van der Waals surface area (Å²) in [5.41, 5.74) is 7.11. The maximum absolute atomic E-state index is 5.73. The van der Waals surface area contributed by atoms with Gasteiger partial charge in [-0.25, -0.2) is 0 Å². The molecule has 0 bridgehead atoms. The summed E-state index contributed by atoms with van der Waals surface area (Å²) in [5, 5.41) is 0.485. The van der Waals surface area contributed by atoms with Gasteiger partial charge in [-0.2, -0.15) is 0 Å². The molecule has 3 heteroatoms. The van der Waals surface area contributed by atoms with Crippen LogP contribution in [0.15, 0.2) is 42.6 Å². The van der Waals surface area contributed by atoms with Gasteiger partial charge in [0, 0.05) is 12.2 Å². The Morgan fingerprint density at radius 2 is 2.12 bits per heavy atom. The first-order chi connectivity index (χ1) is 8.27. The zero-order valence-electron chi connectivity index (χ0n) is 9.88. The molecule has 0 saturated heterocycles. The Labute approximate surface area is 108 Å². The molecule has 2 N–H and O–H groups in total. The van der Waals surface area contributed by atoms with Gasteiger partial charge in [-0.15, -0.1) is 0 Å². The van der Waals surface area contributed by atoms with E-state index in [0.29, 0.717) is 11.2 Å². The lowest BCUT2D eigenvalue weighted by Gasteiger charge is -2.32. The van der Waals surface area contributed by atoms with Crippen molar-refractivity contribution in [2.24, 2.45) is 5.73 Å². The Morgan fingerprint density at radius 3 is 2.82 bits per heavy atom. The van der Waals surface area contributed by atoms with E-state index in [1.54, 1.807) is 0 Å². The molecule has 17 heavy (non-hydrogen) atoms. The third kappa shape index (κ3) is 3.30. The fourth-order valence-electron chi connectivity index (χ4n) is 2.25. The molecule has 1 aromatic rings. The van der Waals surface area contributed by atoms with Crippen molar-refractivity contribution in [2.75, 3.05) is 0 Å². The van der Waals surface area contributed by atoms with Gasteiger partial charge in [-0.05, 0) is 43.5 Å². The SMILES string of the molecule is NC(=S)N1C=CCCC1CCc1ccccc1. The quantitative estimate of drug-likeness (QED) is 0.832. The normalized spacial score (nSPS) is 19.3. The molecule has 1 aromatic carbocycles. The van der Waals surface area contributed by atoms with Crippen molar-refractivity contribution in [1.29, 1.82) is 0 Å². The lowest BCUT2D eigenvalue weighted by Crippen LogP contribution is -2.41. The van der Waals surface area contributed by atoms with E-state index >= 15 is 0 Å². The molecule has 2 nitrogen and oxygen atoms in total. The Balaban J connectivity index is 1.94. The summed E-state index contributed by atoms with van der Waals surface area (Å²) in [5.74, 6) is 0. The summed E-state index contributed by atoms with van der Waals surface area (Å²) >= 11 is 5.08. The Bertz CT molecular complexity index is 400. The highest BCUT2D eigenvalue weighted by molar-refractivity contribution is 7.80. The minimum atomic E-state index is 0.456. The number of thiocarbonyl (C=S) groups is 1. The Kier molecular flexibility index (Phi) is 4.15. The lowest BCUT2D eigenvalue weighted by atomic mass is 9.99.